The van der Waals surface area contributed by atoms with Gasteiger partial charge in [0.05, 0.1) is 6.20 Å². The molecule has 1 amide bonds. The van der Waals surface area contributed by atoms with Gasteiger partial charge >= 0.3 is 5.97 Å². The van der Waals surface area contributed by atoms with Crippen LogP contribution in [-0.2, 0) is 16.6 Å². The summed E-state index contributed by atoms with van der Waals surface area (Å²) in [5.41, 5.74) is 5.96. The molecule has 7 nitrogen and oxygen atoms in total. The molecule has 1 aromatic rings. The summed E-state index contributed by atoms with van der Waals surface area (Å²) in [5.74, 6) is -1.38. The number of rotatable bonds is 8. The van der Waals surface area contributed by atoms with Crippen LogP contribution < -0.4 is 11.1 Å². The highest BCUT2D eigenvalue weighted by Gasteiger charge is 2.25. The summed E-state index contributed by atoms with van der Waals surface area (Å²) in [5, 5.41) is 15.7. The third kappa shape index (κ3) is 5.55. The minimum Gasteiger partial charge on any atom is -0.479 e. The fraction of sp³-hybridized carbons (Fsp3) is 0.643. The average Bonchev–Trinajstić information content (AvgIpc) is 2.79. The third-order valence-electron chi connectivity index (χ3n) is 3.46. The molecule has 0 fully saturated rings. The molecule has 0 radical (unpaired) electrons. The zero-order valence-electron chi connectivity index (χ0n) is 12.8. The summed E-state index contributed by atoms with van der Waals surface area (Å²) in [6.07, 6.45) is 4.78. The Morgan fingerprint density at radius 1 is 1.48 bits per heavy atom. The van der Waals surface area contributed by atoms with Gasteiger partial charge in [-0.25, -0.2) is 4.79 Å². The van der Waals surface area contributed by atoms with Crippen LogP contribution in [0.1, 0.15) is 44.7 Å². The average molecular weight is 296 g/mol. The lowest BCUT2D eigenvalue weighted by Gasteiger charge is -2.23. The van der Waals surface area contributed by atoms with Gasteiger partial charge in [0, 0.05) is 25.2 Å². The molecule has 0 aromatic carbocycles. The molecular formula is C14H24N4O3. The number of aryl methyl sites for hydroxylation is 1. The SMILES string of the molecule is Cn1cc(C(NC(=O)CCC(C)(C)CCN)C(=O)O)cn1. The molecule has 1 unspecified atom stereocenters. The van der Waals surface area contributed by atoms with Crippen LogP contribution in [0.4, 0.5) is 0 Å². The number of aromatic nitrogens is 2. The molecule has 118 valence electrons. The lowest BCUT2D eigenvalue weighted by atomic mass is 9.84. The molecule has 1 heterocycles. The number of nitrogens with two attached hydrogens (primary N) is 1. The predicted octanol–water partition coefficient (Wildman–Crippen LogP) is 0.817. The molecule has 0 bridgehead atoms. The topological polar surface area (TPSA) is 110 Å². The van der Waals surface area contributed by atoms with Crippen molar-refractivity contribution in [2.75, 3.05) is 6.54 Å². The third-order valence-corrected chi connectivity index (χ3v) is 3.46. The molecule has 0 saturated heterocycles. The summed E-state index contributed by atoms with van der Waals surface area (Å²) in [7, 11) is 1.69. The maximum atomic E-state index is 12.0. The molecular weight excluding hydrogens is 272 g/mol. The Morgan fingerprint density at radius 3 is 2.62 bits per heavy atom. The van der Waals surface area contributed by atoms with E-state index in [2.05, 4.69) is 10.4 Å². The smallest absolute Gasteiger partial charge is 0.331 e. The Bertz CT molecular complexity index is 496. The molecule has 7 heteroatoms. The zero-order valence-corrected chi connectivity index (χ0v) is 12.8. The minimum absolute atomic E-state index is 0.0287. The lowest BCUT2D eigenvalue weighted by Crippen LogP contribution is -2.34. The van der Waals surface area contributed by atoms with E-state index in [0.29, 0.717) is 18.5 Å². The minimum atomic E-state index is -1.10. The number of carbonyl (C=O) groups is 2. The van der Waals surface area contributed by atoms with Crippen LogP contribution in [0.15, 0.2) is 12.4 Å². The number of nitrogens with one attached hydrogen (secondary N) is 1. The number of hydrogen-bond acceptors (Lipinski definition) is 4. The van der Waals surface area contributed by atoms with Crippen molar-refractivity contribution < 1.29 is 14.7 Å². The number of carboxylic acids is 1. The van der Waals surface area contributed by atoms with E-state index in [9.17, 15) is 14.7 Å². The van der Waals surface area contributed by atoms with Gasteiger partial charge in [0.25, 0.3) is 0 Å². The standard InChI is InChI=1S/C14H24N4O3/c1-14(2,6-7-15)5-4-11(19)17-12(13(20)21)10-8-16-18(3)9-10/h8-9,12H,4-7,15H2,1-3H3,(H,17,19)(H,20,21). The molecule has 0 saturated carbocycles. The Kier molecular flexibility index (Phi) is 5.90. The van der Waals surface area contributed by atoms with Crippen molar-refractivity contribution in [2.24, 2.45) is 18.2 Å². The molecule has 1 rings (SSSR count). The van der Waals surface area contributed by atoms with Gasteiger partial charge in [-0.3, -0.25) is 9.48 Å². The fourth-order valence-electron chi connectivity index (χ4n) is 2.08. The molecule has 1 aromatic heterocycles. The number of carboxylic acid groups (broad SMARTS) is 1. The van der Waals surface area contributed by atoms with Crippen LogP contribution in [0, 0.1) is 5.41 Å². The first-order valence-corrected chi connectivity index (χ1v) is 6.96. The van der Waals surface area contributed by atoms with E-state index in [0.717, 1.165) is 6.42 Å². The Hall–Kier alpha value is -1.89. The highest BCUT2D eigenvalue weighted by molar-refractivity contribution is 5.84. The summed E-state index contributed by atoms with van der Waals surface area (Å²) < 4.78 is 1.50. The fourth-order valence-corrected chi connectivity index (χ4v) is 2.08. The van der Waals surface area contributed by atoms with Crippen molar-refractivity contribution >= 4 is 11.9 Å². The maximum Gasteiger partial charge on any atom is 0.331 e. The zero-order chi connectivity index (χ0) is 16.0. The van der Waals surface area contributed by atoms with E-state index in [1.54, 1.807) is 13.2 Å². The normalized spacial score (nSPS) is 13.0. The molecule has 1 atom stereocenters. The van der Waals surface area contributed by atoms with Crippen molar-refractivity contribution in [1.29, 1.82) is 0 Å². The Balaban J connectivity index is 2.60. The maximum absolute atomic E-state index is 12.0. The first-order valence-electron chi connectivity index (χ1n) is 6.96. The number of hydrogen-bond donors (Lipinski definition) is 3. The van der Waals surface area contributed by atoms with Gasteiger partial charge in [-0.15, -0.1) is 0 Å². The summed E-state index contributed by atoms with van der Waals surface area (Å²) in [4.78, 5) is 23.2. The summed E-state index contributed by atoms with van der Waals surface area (Å²) >= 11 is 0. The number of aliphatic carboxylic acids is 1. The summed E-state index contributed by atoms with van der Waals surface area (Å²) in [6, 6.07) is -1.07. The van der Waals surface area contributed by atoms with Gasteiger partial charge < -0.3 is 16.2 Å². The van der Waals surface area contributed by atoms with E-state index in [1.165, 1.54) is 10.9 Å². The van der Waals surface area contributed by atoms with Gasteiger partial charge in [0.15, 0.2) is 6.04 Å². The van der Waals surface area contributed by atoms with Crippen molar-refractivity contribution in [3.63, 3.8) is 0 Å². The van der Waals surface area contributed by atoms with Gasteiger partial charge in [-0.05, 0) is 24.8 Å². The van der Waals surface area contributed by atoms with Crippen molar-refractivity contribution in [3.05, 3.63) is 18.0 Å². The second-order valence-corrected chi connectivity index (χ2v) is 5.99. The number of nitrogens with zero attached hydrogens (tertiary/aromatic N) is 2. The van der Waals surface area contributed by atoms with Gasteiger partial charge in [0.2, 0.25) is 5.91 Å². The van der Waals surface area contributed by atoms with Crippen LogP contribution in [0.5, 0.6) is 0 Å². The van der Waals surface area contributed by atoms with E-state index in [-0.39, 0.29) is 17.7 Å². The first-order chi connectivity index (χ1) is 9.75. The van der Waals surface area contributed by atoms with Crippen LogP contribution in [0.3, 0.4) is 0 Å². The second kappa shape index (κ2) is 7.21. The Morgan fingerprint density at radius 2 is 2.14 bits per heavy atom. The van der Waals surface area contributed by atoms with Crippen LogP contribution >= 0.6 is 0 Å². The van der Waals surface area contributed by atoms with Gasteiger partial charge in [0.1, 0.15) is 0 Å². The largest absolute Gasteiger partial charge is 0.479 e. The second-order valence-electron chi connectivity index (χ2n) is 5.99. The van der Waals surface area contributed by atoms with Crippen LogP contribution in [0.2, 0.25) is 0 Å². The first kappa shape index (κ1) is 17.2. The van der Waals surface area contributed by atoms with E-state index >= 15 is 0 Å². The quantitative estimate of drug-likeness (QED) is 0.657. The molecule has 4 N–H and O–H groups in total. The molecule has 21 heavy (non-hydrogen) atoms. The molecule has 0 spiro atoms. The lowest BCUT2D eigenvalue weighted by molar-refractivity contribution is -0.142. The molecule has 0 aliphatic heterocycles. The summed E-state index contributed by atoms with van der Waals surface area (Å²) in [6.45, 7) is 4.66. The van der Waals surface area contributed by atoms with E-state index in [1.807, 2.05) is 13.8 Å². The number of carbonyl (C=O) groups excluding carboxylic acids is 1. The number of amides is 1. The molecule has 0 aliphatic rings. The van der Waals surface area contributed by atoms with E-state index < -0.39 is 12.0 Å². The van der Waals surface area contributed by atoms with Crippen molar-refractivity contribution in [1.82, 2.24) is 15.1 Å². The van der Waals surface area contributed by atoms with Crippen molar-refractivity contribution in [2.45, 2.75) is 39.2 Å². The van der Waals surface area contributed by atoms with Crippen molar-refractivity contribution in [3.8, 4) is 0 Å². The Labute approximate surface area is 124 Å². The van der Waals surface area contributed by atoms with Crippen LogP contribution in [0.25, 0.3) is 0 Å². The van der Waals surface area contributed by atoms with Gasteiger partial charge in [-0.1, -0.05) is 13.8 Å². The highest BCUT2D eigenvalue weighted by atomic mass is 16.4. The van der Waals surface area contributed by atoms with E-state index in [4.69, 9.17) is 5.73 Å². The monoisotopic (exact) mass is 296 g/mol. The molecule has 0 aliphatic carbocycles. The highest BCUT2D eigenvalue weighted by Crippen LogP contribution is 2.26. The van der Waals surface area contributed by atoms with Crippen LogP contribution in [-0.4, -0.2) is 33.3 Å². The van der Waals surface area contributed by atoms with Gasteiger partial charge in [-0.2, -0.15) is 5.10 Å². The predicted molar refractivity (Wildman–Crippen MR) is 78.4 cm³/mol.